The number of nitrogens with one attached hydrogen (secondary N) is 1. The van der Waals surface area contributed by atoms with E-state index in [2.05, 4.69) is 21.2 Å². The fraction of sp³-hybridized carbons (Fsp3) is 0.139. The number of amides is 1. The number of hydrogen-bond acceptors (Lipinski definition) is 7. The molecule has 1 N–H and O–H groups in total. The predicted molar refractivity (Wildman–Crippen MR) is 188 cm³/mol. The van der Waals surface area contributed by atoms with Crippen LogP contribution in [0.2, 0.25) is 5.02 Å². The van der Waals surface area contributed by atoms with E-state index in [-0.39, 0.29) is 11.5 Å². The summed E-state index contributed by atoms with van der Waals surface area (Å²) in [5.41, 5.74) is 3.63. The van der Waals surface area contributed by atoms with E-state index in [0.29, 0.717) is 65.2 Å². The van der Waals surface area contributed by atoms with Crippen molar-refractivity contribution in [3.63, 3.8) is 0 Å². The van der Waals surface area contributed by atoms with E-state index in [0.717, 1.165) is 11.1 Å². The Labute approximate surface area is 288 Å². The van der Waals surface area contributed by atoms with Crippen molar-refractivity contribution in [3.8, 4) is 17.2 Å². The Bertz CT molecular complexity index is 2180. The van der Waals surface area contributed by atoms with E-state index in [4.69, 9.17) is 30.8 Å². The number of carbonyl (C=O) groups excluding carboxylic acids is 1. The van der Waals surface area contributed by atoms with Crippen LogP contribution < -0.4 is 34.4 Å². The van der Waals surface area contributed by atoms with Gasteiger partial charge in [-0.15, -0.1) is 0 Å². The highest BCUT2D eigenvalue weighted by atomic mass is 79.9. The van der Waals surface area contributed by atoms with E-state index in [1.165, 1.54) is 11.3 Å². The lowest BCUT2D eigenvalue weighted by Gasteiger charge is -2.25. The number of fused-ring (bicyclic) bond motifs is 1. The topological polar surface area (TPSA) is 91.2 Å². The third-order valence-corrected chi connectivity index (χ3v) is 9.38. The summed E-state index contributed by atoms with van der Waals surface area (Å²) in [4.78, 5) is 33.2. The first-order valence-electron chi connectivity index (χ1n) is 14.5. The highest BCUT2D eigenvalue weighted by Crippen LogP contribution is 2.38. The van der Waals surface area contributed by atoms with Crippen molar-refractivity contribution in [2.24, 2.45) is 4.99 Å². The van der Waals surface area contributed by atoms with Gasteiger partial charge in [0.15, 0.2) is 16.3 Å². The summed E-state index contributed by atoms with van der Waals surface area (Å²) >= 11 is 10.9. The molecule has 2 heterocycles. The van der Waals surface area contributed by atoms with Crippen LogP contribution >= 0.6 is 38.9 Å². The third-order valence-electron chi connectivity index (χ3n) is 7.55. The maximum absolute atomic E-state index is 14.2. The number of methoxy groups -OCH3 is 2. The number of para-hydroxylation sites is 1. The van der Waals surface area contributed by atoms with Crippen LogP contribution in [0.5, 0.6) is 17.2 Å². The molecule has 6 rings (SSSR count). The molecule has 4 aromatic carbocycles. The van der Waals surface area contributed by atoms with Gasteiger partial charge in [0.1, 0.15) is 12.4 Å². The SMILES string of the molecule is COc1cccc([C@H]2C(C(=O)Nc3ccccc3)=C(C)N=c3s/c(=C\c4cc(Br)c(OCc5ccc(Cl)cc5)c(OC)c4)c(=O)n32)c1. The number of allylic oxidation sites excluding steroid dienone is 1. The zero-order valence-corrected chi connectivity index (χ0v) is 28.8. The maximum atomic E-state index is 14.2. The van der Waals surface area contributed by atoms with Gasteiger partial charge in [0.25, 0.3) is 11.5 Å². The maximum Gasteiger partial charge on any atom is 0.271 e. The van der Waals surface area contributed by atoms with Gasteiger partial charge in [-0.05, 0) is 94.2 Å². The number of aromatic nitrogens is 1. The summed E-state index contributed by atoms with van der Waals surface area (Å²) in [6.07, 6.45) is 1.78. The van der Waals surface area contributed by atoms with Gasteiger partial charge in [0.05, 0.1) is 40.5 Å². The number of benzene rings is 4. The van der Waals surface area contributed by atoms with Crippen molar-refractivity contribution in [1.82, 2.24) is 4.57 Å². The normalized spacial score (nSPS) is 14.3. The van der Waals surface area contributed by atoms with Gasteiger partial charge in [-0.3, -0.25) is 14.2 Å². The van der Waals surface area contributed by atoms with Crippen LogP contribution in [0.25, 0.3) is 6.08 Å². The largest absolute Gasteiger partial charge is 0.497 e. The number of rotatable bonds is 9. The van der Waals surface area contributed by atoms with Crippen molar-refractivity contribution in [2.75, 3.05) is 19.5 Å². The van der Waals surface area contributed by atoms with Crippen LogP contribution in [0.3, 0.4) is 0 Å². The lowest BCUT2D eigenvalue weighted by molar-refractivity contribution is -0.113. The lowest BCUT2D eigenvalue weighted by Crippen LogP contribution is -2.40. The second kappa shape index (κ2) is 14.0. The van der Waals surface area contributed by atoms with Crippen molar-refractivity contribution < 1.29 is 19.0 Å². The monoisotopic (exact) mass is 729 g/mol. The Balaban J connectivity index is 1.41. The Morgan fingerprint density at radius 2 is 1.79 bits per heavy atom. The molecule has 1 amide bonds. The molecular formula is C36H29BrClN3O5S. The lowest BCUT2D eigenvalue weighted by atomic mass is 9.95. The minimum Gasteiger partial charge on any atom is -0.497 e. The number of anilines is 1. The van der Waals surface area contributed by atoms with Gasteiger partial charge in [-0.25, -0.2) is 4.99 Å². The summed E-state index contributed by atoms with van der Waals surface area (Å²) in [5.74, 6) is 1.29. The molecule has 11 heteroatoms. The first-order valence-corrected chi connectivity index (χ1v) is 16.5. The number of hydrogen-bond donors (Lipinski definition) is 1. The van der Waals surface area contributed by atoms with Gasteiger partial charge >= 0.3 is 0 Å². The Morgan fingerprint density at radius 1 is 1.02 bits per heavy atom. The van der Waals surface area contributed by atoms with Gasteiger partial charge < -0.3 is 19.5 Å². The van der Waals surface area contributed by atoms with Gasteiger partial charge in [-0.1, -0.05) is 65.4 Å². The van der Waals surface area contributed by atoms with Crippen LogP contribution in [0.4, 0.5) is 5.69 Å². The molecule has 1 aliphatic rings. The molecule has 1 atom stereocenters. The summed E-state index contributed by atoms with van der Waals surface area (Å²) < 4.78 is 19.9. The van der Waals surface area contributed by atoms with Crippen LogP contribution in [-0.4, -0.2) is 24.7 Å². The Kier molecular flexibility index (Phi) is 9.63. The van der Waals surface area contributed by atoms with E-state index in [1.54, 1.807) is 31.8 Å². The number of ether oxygens (including phenoxy) is 3. The number of halogens is 2. The van der Waals surface area contributed by atoms with E-state index >= 15 is 0 Å². The molecule has 8 nitrogen and oxygen atoms in total. The molecule has 47 heavy (non-hydrogen) atoms. The molecule has 0 saturated heterocycles. The molecule has 1 aromatic heterocycles. The second-order valence-electron chi connectivity index (χ2n) is 10.6. The number of thiazole rings is 1. The fourth-order valence-electron chi connectivity index (χ4n) is 5.31. The first-order chi connectivity index (χ1) is 22.7. The molecule has 0 saturated carbocycles. The minimum atomic E-state index is -0.739. The number of nitrogens with zero attached hydrogens (tertiary/aromatic N) is 2. The molecular weight excluding hydrogens is 702 g/mol. The van der Waals surface area contributed by atoms with E-state index in [1.807, 2.05) is 91.0 Å². The molecule has 0 radical (unpaired) electrons. The average Bonchev–Trinajstić information content (AvgIpc) is 3.37. The zero-order chi connectivity index (χ0) is 33.1. The minimum absolute atomic E-state index is 0.280. The standard InChI is InChI=1S/C36H29BrClN3O5S/c1-21-31(34(42)40-26-9-5-4-6-10-26)32(24-8-7-11-27(19-24)44-2)41-35(43)30(47-36(41)39-21)18-23-16-28(37)33(29(17-23)45-3)46-20-22-12-14-25(38)15-13-22/h4-19,32H,20H2,1-3H3,(H,40,42)/b30-18-/t32-/m0/s1. The van der Waals surface area contributed by atoms with Gasteiger partial charge in [0, 0.05) is 10.7 Å². The molecule has 0 fully saturated rings. The quantitative estimate of drug-likeness (QED) is 0.179. The molecule has 0 unspecified atom stereocenters. The molecule has 1 aliphatic heterocycles. The van der Waals surface area contributed by atoms with Gasteiger partial charge in [-0.2, -0.15) is 0 Å². The van der Waals surface area contributed by atoms with Crippen LogP contribution in [0.15, 0.2) is 117 Å². The molecule has 238 valence electrons. The summed E-state index contributed by atoms with van der Waals surface area (Å²) in [7, 11) is 3.14. The molecule has 0 aliphatic carbocycles. The molecule has 0 bridgehead atoms. The first kappa shape index (κ1) is 32.3. The predicted octanol–water partition coefficient (Wildman–Crippen LogP) is 6.89. The smallest absolute Gasteiger partial charge is 0.271 e. The second-order valence-corrected chi connectivity index (χ2v) is 12.9. The summed E-state index contributed by atoms with van der Waals surface area (Å²) in [5, 5.41) is 3.62. The van der Waals surface area contributed by atoms with Crippen molar-refractivity contribution in [1.29, 1.82) is 0 Å². The number of carbonyl (C=O) groups is 1. The van der Waals surface area contributed by atoms with Crippen molar-refractivity contribution >= 4 is 56.5 Å². The van der Waals surface area contributed by atoms with Crippen LogP contribution in [0.1, 0.15) is 29.7 Å². The van der Waals surface area contributed by atoms with E-state index in [9.17, 15) is 9.59 Å². The molecule has 0 spiro atoms. The zero-order valence-electron chi connectivity index (χ0n) is 25.6. The average molecular weight is 731 g/mol. The van der Waals surface area contributed by atoms with Crippen molar-refractivity contribution in [3.05, 3.63) is 148 Å². The summed E-state index contributed by atoms with van der Waals surface area (Å²) in [6, 6.07) is 26.9. The van der Waals surface area contributed by atoms with E-state index < -0.39 is 6.04 Å². The highest BCUT2D eigenvalue weighted by molar-refractivity contribution is 9.10. The van der Waals surface area contributed by atoms with Crippen LogP contribution in [-0.2, 0) is 11.4 Å². The van der Waals surface area contributed by atoms with Crippen LogP contribution in [0, 0.1) is 0 Å². The highest BCUT2D eigenvalue weighted by Gasteiger charge is 2.33. The third kappa shape index (κ3) is 6.90. The Morgan fingerprint density at radius 3 is 2.51 bits per heavy atom. The van der Waals surface area contributed by atoms with Crippen molar-refractivity contribution in [2.45, 2.75) is 19.6 Å². The van der Waals surface area contributed by atoms with Gasteiger partial charge in [0.2, 0.25) is 0 Å². The fourth-order valence-corrected chi connectivity index (χ4v) is 7.06. The summed E-state index contributed by atoms with van der Waals surface area (Å²) in [6.45, 7) is 2.10. The Hall–Kier alpha value is -4.64. The molecule has 5 aromatic rings.